The molecule has 1 amide bonds. The van der Waals surface area contributed by atoms with Crippen LogP contribution in [0, 0.1) is 13.8 Å². The van der Waals surface area contributed by atoms with Crippen molar-refractivity contribution >= 4 is 64.0 Å². The Labute approximate surface area is 240 Å². The number of anilines is 1. The summed E-state index contributed by atoms with van der Waals surface area (Å²) in [4.78, 5) is 24.7. The van der Waals surface area contributed by atoms with Crippen molar-refractivity contribution in [2.45, 2.75) is 32.2 Å². The molecule has 0 aliphatic rings. The molecule has 0 saturated carbocycles. The highest BCUT2D eigenvalue weighted by Gasteiger charge is 2.24. The van der Waals surface area contributed by atoms with E-state index < -0.39 is 16.7 Å². The van der Waals surface area contributed by atoms with Gasteiger partial charge in [0.05, 0.1) is 16.6 Å². The van der Waals surface area contributed by atoms with E-state index >= 15 is 0 Å². The van der Waals surface area contributed by atoms with Crippen LogP contribution in [-0.2, 0) is 16.1 Å². The van der Waals surface area contributed by atoms with E-state index in [-0.39, 0.29) is 6.54 Å². The maximum absolute atomic E-state index is 13.1. The zero-order valence-corrected chi connectivity index (χ0v) is 23.6. The van der Waals surface area contributed by atoms with Gasteiger partial charge in [-0.3, -0.25) is 9.59 Å². The van der Waals surface area contributed by atoms with E-state index in [1.165, 1.54) is 11.8 Å². The SMILES string of the molecule is CC(=O)Oc1c(C)cc(CN(C(=O)C(Cl)Cl)c2cccc(-c3cc(-c4c(Cl)cccc4Cl)no3)c2)cc1C. The summed E-state index contributed by atoms with van der Waals surface area (Å²) in [7, 11) is 0. The molecular formula is C28H22Cl4N2O4. The Balaban J connectivity index is 1.69. The van der Waals surface area contributed by atoms with Gasteiger partial charge in [0.15, 0.2) is 10.6 Å². The molecule has 1 aromatic heterocycles. The smallest absolute Gasteiger partial charge is 0.308 e. The zero-order valence-electron chi connectivity index (χ0n) is 20.6. The molecule has 0 spiro atoms. The fraction of sp³-hybridized carbons (Fsp3) is 0.179. The highest BCUT2D eigenvalue weighted by molar-refractivity contribution is 6.54. The molecule has 0 aliphatic carbocycles. The van der Waals surface area contributed by atoms with Crippen molar-refractivity contribution in [3.05, 3.63) is 87.4 Å². The number of ether oxygens (including phenoxy) is 1. The Kier molecular flexibility index (Phi) is 8.68. The maximum atomic E-state index is 13.1. The highest BCUT2D eigenvalue weighted by atomic mass is 35.5. The number of benzene rings is 3. The number of aromatic nitrogens is 1. The molecule has 0 radical (unpaired) electrons. The van der Waals surface area contributed by atoms with E-state index in [0.717, 1.165) is 16.7 Å². The van der Waals surface area contributed by atoms with Gasteiger partial charge in [0, 0.05) is 29.8 Å². The molecule has 4 rings (SSSR count). The Morgan fingerprint density at radius 1 is 0.974 bits per heavy atom. The zero-order chi connectivity index (χ0) is 27.6. The van der Waals surface area contributed by atoms with E-state index in [1.807, 2.05) is 32.0 Å². The highest BCUT2D eigenvalue weighted by Crippen LogP contribution is 2.37. The Hall–Kier alpha value is -3.03. The van der Waals surface area contributed by atoms with Crippen LogP contribution in [0.1, 0.15) is 23.6 Å². The average molecular weight is 592 g/mol. The van der Waals surface area contributed by atoms with Crippen molar-refractivity contribution in [2.75, 3.05) is 4.90 Å². The van der Waals surface area contributed by atoms with Crippen molar-refractivity contribution in [2.24, 2.45) is 0 Å². The number of rotatable bonds is 7. The molecule has 0 unspecified atom stereocenters. The molecular weight excluding hydrogens is 570 g/mol. The number of nitrogens with zero attached hydrogens (tertiary/aromatic N) is 2. The summed E-state index contributed by atoms with van der Waals surface area (Å²) in [6.45, 7) is 5.19. The van der Waals surface area contributed by atoms with E-state index in [2.05, 4.69) is 5.16 Å². The number of carbonyl (C=O) groups is 2. The first-order chi connectivity index (χ1) is 18.0. The largest absolute Gasteiger partial charge is 0.426 e. The topological polar surface area (TPSA) is 72.6 Å². The Morgan fingerprint density at radius 3 is 2.21 bits per heavy atom. The standard InChI is InChI=1S/C28H22Cl4N2O4/c1-15-10-18(11-16(2)26(15)37-17(3)35)14-34(28(36)27(31)32)20-7-4-6-19(12-20)24-13-23(33-38-24)25-21(29)8-5-9-22(25)30/h4-13,27H,14H2,1-3H3. The first kappa shape index (κ1) is 28.0. The monoisotopic (exact) mass is 590 g/mol. The molecule has 0 saturated heterocycles. The Bertz CT molecular complexity index is 1470. The number of esters is 1. The second kappa shape index (κ2) is 11.8. The molecule has 1 heterocycles. The molecule has 0 aliphatic heterocycles. The van der Waals surface area contributed by atoms with Gasteiger partial charge in [0.2, 0.25) is 0 Å². The van der Waals surface area contributed by atoms with Crippen molar-refractivity contribution in [3.63, 3.8) is 0 Å². The van der Waals surface area contributed by atoms with Crippen molar-refractivity contribution < 1.29 is 18.8 Å². The Morgan fingerprint density at radius 2 is 1.61 bits per heavy atom. The summed E-state index contributed by atoms with van der Waals surface area (Å²) in [5.74, 6) is 0.0485. The minimum atomic E-state index is -1.28. The summed E-state index contributed by atoms with van der Waals surface area (Å²) in [5, 5.41) is 5.03. The van der Waals surface area contributed by atoms with Gasteiger partial charge in [0.25, 0.3) is 5.91 Å². The predicted octanol–water partition coefficient (Wildman–Crippen LogP) is 8.19. The van der Waals surface area contributed by atoms with Gasteiger partial charge in [0.1, 0.15) is 11.4 Å². The van der Waals surface area contributed by atoms with Gasteiger partial charge in [-0.15, -0.1) is 0 Å². The lowest BCUT2D eigenvalue weighted by atomic mass is 10.0. The fourth-order valence-electron chi connectivity index (χ4n) is 4.13. The van der Waals surface area contributed by atoms with Gasteiger partial charge in [-0.2, -0.15) is 0 Å². The lowest BCUT2D eigenvalue weighted by molar-refractivity contribution is -0.132. The number of hydrogen-bond acceptors (Lipinski definition) is 5. The number of carbonyl (C=O) groups excluding carboxylic acids is 2. The van der Waals surface area contributed by atoms with Crippen LogP contribution in [0.15, 0.2) is 65.2 Å². The van der Waals surface area contributed by atoms with Crippen LogP contribution in [0.2, 0.25) is 10.0 Å². The van der Waals surface area contributed by atoms with Gasteiger partial charge in [-0.05, 0) is 54.8 Å². The van der Waals surface area contributed by atoms with Crippen LogP contribution in [0.4, 0.5) is 5.69 Å². The van der Waals surface area contributed by atoms with Crippen LogP contribution in [-0.4, -0.2) is 21.9 Å². The van der Waals surface area contributed by atoms with Crippen LogP contribution in [0.25, 0.3) is 22.6 Å². The van der Waals surface area contributed by atoms with Gasteiger partial charge in [-0.25, -0.2) is 0 Å². The van der Waals surface area contributed by atoms with Crippen LogP contribution in [0.5, 0.6) is 5.75 Å². The average Bonchev–Trinajstić information content (AvgIpc) is 3.34. The van der Waals surface area contributed by atoms with Crippen molar-refractivity contribution in [3.8, 4) is 28.3 Å². The van der Waals surface area contributed by atoms with Gasteiger partial charge >= 0.3 is 5.97 Å². The molecule has 0 bridgehead atoms. The molecule has 4 aromatic rings. The van der Waals surface area contributed by atoms with Crippen molar-refractivity contribution in [1.29, 1.82) is 0 Å². The van der Waals surface area contributed by atoms with E-state index in [4.69, 9.17) is 55.7 Å². The van der Waals surface area contributed by atoms with Crippen LogP contribution >= 0.6 is 46.4 Å². The third-order valence-electron chi connectivity index (χ3n) is 5.73. The van der Waals surface area contributed by atoms with Crippen molar-refractivity contribution in [1.82, 2.24) is 5.16 Å². The first-order valence-electron chi connectivity index (χ1n) is 11.4. The van der Waals surface area contributed by atoms with Gasteiger partial charge in [-0.1, -0.05) is 81.9 Å². The minimum absolute atomic E-state index is 0.178. The lowest BCUT2D eigenvalue weighted by Gasteiger charge is -2.25. The number of aryl methyl sites for hydroxylation is 2. The molecule has 0 atom stereocenters. The fourth-order valence-corrected chi connectivity index (χ4v) is 4.96. The normalized spacial score (nSPS) is 11.1. The third kappa shape index (κ3) is 6.16. The molecule has 38 heavy (non-hydrogen) atoms. The van der Waals surface area contributed by atoms with E-state index in [0.29, 0.717) is 44.1 Å². The minimum Gasteiger partial charge on any atom is -0.426 e. The quantitative estimate of drug-likeness (QED) is 0.123. The summed E-state index contributed by atoms with van der Waals surface area (Å²) >= 11 is 24.7. The van der Waals surface area contributed by atoms with E-state index in [9.17, 15) is 9.59 Å². The van der Waals surface area contributed by atoms with Crippen LogP contribution < -0.4 is 9.64 Å². The summed E-state index contributed by atoms with van der Waals surface area (Å²) in [6, 6.07) is 17.8. The first-order valence-corrected chi connectivity index (χ1v) is 13.1. The molecule has 6 nitrogen and oxygen atoms in total. The molecule has 196 valence electrons. The summed E-state index contributed by atoms with van der Waals surface area (Å²) < 4.78 is 10.9. The van der Waals surface area contributed by atoms with E-state index in [1.54, 1.807) is 42.5 Å². The molecule has 3 aromatic carbocycles. The molecule has 0 fully saturated rings. The number of amides is 1. The predicted molar refractivity (Wildman–Crippen MR) is 151 cm³/mol. The second-order valence-corrected chi connectivity index (χ2v) is 10.5. The second-order valence-electron chi connectivity index (χ2n) is 8.60. The number of alkyl halides is 2. The summed E-state index contributed by atoms with van der Waals surface area (Å²) in [6.07, 6.45) is 0. The lowest BCUT2D eigenvalue weighted by Crippen LogP contribution is -2.34. The number of halogens is 4. The summed E-state index contributed by atoms with van der Waals surface area (Å²) in [5.41, 5.74) is 4.59. The molecule has 0 N–H and O–H groups in total. The molecule has 10 heteroatoms. The third-order valence-corrected chi connectivity index (χ3v) is 6.73. The van der Waals surface area contributed by atoms with Crippen LogP contribution in [0.3, 0.4) is 0 Å². The maximum Gasteiger partial charge on any atom is 0.308 e. The number of hydrogen-bond donors (Lipinski definition) is 0. The van der Waals surface area contributed by atoms with Gasteiger partial charge < -0.3 is 14.2 Å².